The molecule has 2 aliphatic carbocycles. The molecule has 67 heavy (non-hydrogen) atoms. The molecule has 4 amide bonds. The third-order valence-corrected chi connectivity index (χ3v) is 15.6. The summed E-state index contributed by atoms with van der Waals surface area (Å²) in [5.41, 5.74) is -2.95. The first-order valence-electron chi connectivity index (χ1n) is 22.5. The largest absolute Gasteiger partial charge is 0.491 e. The number of hydrogen-bond acceptors (Lipinski definition) is 11. The first-order chi connectivity index (χ1) is 31.4. The fourth-order valence-corrected chi connectivity index (χ4v) is 10.3. The number of sulfonamides is 1. The first kappa shape index (κ1) is 49.1. The van der Waals surface area contributed by atoms with Gasteiger partial charge in [0.15, 0.2) is 0 Å². The molecule has 0 spiro atoms. The van der Waals surface area contributed by atoms with Crippen LogP contribution in [0.3, 0.4) is 0 Å². The van der Waals surface area contributed by atoms with E-state index in [0.29, 0.717) is 67.9 Å². The van der Waals surface area contributed by atoms with Gasteiger partial charge in [0.25, 0.3) is 5.91 Å². The van der Waals surface area contributed by atoms with Crippen LogP contribution in [0.5, 0.6) is 11.5 Å². The number of aromatic nitrogens is 3. The molecule has 0 unspecified atom stereocenters. The van der Waals surface area contributed by atoms with Crippen molar-refractivity contribution in [2.45, 2.75) is 140 Å². The molecule has 7 rings (SSSR count). The Hall–Kier alpha value is -5.79. The summed E-state index contributed by atoms with van der Waals surface area (Å²) in [6.07, 6.45) is 1.39. The van der Waals surface area contributed by atoms with Crippen molar-refractivity contribution in [1.29, 1.82) is 0 Å². The Balaban J connectivity index is 1.30. The molecule has 2 saturated carbocycles. The standard InChI is InChI=1S/C47H58F3N7O9S/c1-27(2)65-32-14-12-30(13-15-32)35-21-33(22-36(53-35)37-25-51-18-19-52-37)66-34-23-38-40(58)54-46(42(60)55-67(63,64)45(7)16-17-45)24-31(46)11-9-8-10-28(3)20-29(4)39(41(59)56(38)26-34)57(43(61)62)44(5,6)47(48,49)50/h9,11-15,18-19,21-22,25,27-29,31,34,38-39H,8,10,16-17,20,23-24,26H2,1-7H3,(H,54,58)(H,55,60)(H,61,62)/t28-,29+,31+,34+,38-,39-,46+/m0/s1. The Labute approximate surface area is 388 Å². The number of alkyl halides is 3. The number of amides is 4. The number of pyridine rings is 1. The Bertz CT molecular complexity index is 2500. The minimum absolute atomic E-state index is 0.0329. The monoisotopic (exact) mass is 953 g/mol. The second-order valence-electron chi connectivity index (χ2n) is 19.5. The molecule has 3 aromatic rings. The van der Waals surface area contributed by atoms with Gasteiger partial charge in [0.1, 0.15) is 46.5 Å². The van der Waals surface area contributed by atoms with Crippen molar-refractivity contribution < 1.29 is 55.3 Å². The predicted molar refractivity (Wildman–Crippen MR) is 240 cm³/mol. The van der Waals surface area contributed by atoms with Gasteiger partial charge < -0.3 is 24.8 Å². The number of allylic oxidation sites excluding steroid dienone is 1. The Morgan fingerprint density at radius 3 is 2.31 bits per heavy atom. The number of rotatable bonds is 11. The molecule has 4 aliphatic rings. The average molecular weight is 954 g/mol. The van der Waals surface area contributed by atoms with Gasteiger partial charge in [-0.3, -0.25) is 34.0 Å². The summed E-state index contributed by atoms with van der Waals surface area (Å²) in [7, 11) is -4.15. The Morgan fingerprint density at radius 2 is 1.70 bits per heavy atom. The summed E-state index contributed by atoms with van der Waals surface area (Å²) in [5.74, 6) is -3.88. The molecule has 4 heterocycles. The van der Waals surface area contributed by atoms with Gasteiger partial charge in [-0.05, 0) is 109 Å². The number of halogens is 3. The van der Waals surface area contributed by atoms with E-state index >= 15 is 4.79 Å². The number of hydrogen-bond donors (Lipinski definition) is 3. The third kappa shape index (κ3) is 10.2. The SMILES string of the molecule is CC(C)Oc1ccc(-c2cc(O[C@@H]3C[C@H]4C(=O)N[C@]5(C(=O)NS(=O)(=O)C6(C)CC6)C[C@H]5C=CCC[C@H](C)C[C@@H](C)[C@H](N(C(=O)O)C(C)(C)C(F)(F)F)C(=O)N4C3)cc(-c3cnccn3)n2)cc1. The van der Waals surface area contributed by atoms with Crippen molar-refractivity contribution in [3.63, 3.8) is 0 Å². The van der Waals surface area contributed by atoms with E-state index in [1.165, 1.54) is 32.4 Å². The fourth-order valence-electron chi connectivity index (χ4n) is 9.04. The number of carboxylic acid groups (broad SMARTS) is 1. The van der Waals surface area contributed by atoms with Gasteiger partial charge in [-0.25, -0.2) is 18.2 Å². The van der Waals surface area contributed by atoms with E-state index in [4.69, 9.17) is 14.5 Å². The molecule has 16 nitrogen and oxygen atoms in total. The minimum atomic E-state index is -5.12. The molecule has 362 valence electrons. The van der Waals surface area contributed by atoms with E-state index in [1.54, 1.807) is 48.6 Å². The Kier molecular flexibility index (Phi) is 13.5. The summed E-state index contributed by atoms with van der Waals surface area (Å²) < 4.78 is 84.7. The lowest BCUT2D eigenvalue weighted by molar-refractivity contribution is -0.222. The van der Waals surface area contributed by atoms with Gasteiger partial charge in [-0.1, -0.05) is 26.0 Å². The van der Waals surface area contributed by atoms with E-state index in [9.17, 15) is 41.1 Å². The maximum atomic E-state index is 15.2. The lowest BCUT2D eigenvalue weighted by atomic mass is 9.85. The Morgan fingerprint density at radius 1 is 1.01 bits per heavy atom. The van der Waals surface area contributed by atoms with Gasteiger partial charge >= 0.3 is 12.3 Å². The second-order valence-corrected chi connectivity index (χ2v) is 21.7. The summed E-state index contributed by atoms with van der Waals surface area (Å²) in [5, 5.41) is 13.3. The lowest BCUT2D eigenvalue weighted by Crippen LogP contribution is -2.66. The quantitative estimate of drug-likeness (QED) is 0.167. The van der Waals surface area contributed by atoms with Crippen LogP contribution >= 0.6 is 0 Å². The van der Waals surface area contributed by atoms with Crippen LogP contribution in [0.25, 0.3) is 22.6 Å². The molecule has 3 N–H and O–H groups in total. The highest BCUT2D eigenvalue weighted by molar-refractivity contribution is 7.91. The molecule has 7 atom stereocenters. The summed E-state index contributed by atoms with van der Waals surface area (Å²) in [4.78, 5) is 71.8. The van der Waals surface area contributed by atoms with E-state index in [2.05, 4.69) is 20.0 Å². The van der Waals surface area contributed by atoms with E-state index in [1.807, 2.05) is 20.8 Å². The molecule has 1 aromatic carbocycles. The normalized spacial score (nSPS) is 26.6. The zero-order chi connectivity index (χ0) is 48.9. The van der Waals surface area contributed by atoms with Crippen LogP contribution in [0.1, 0.15) is 93.4 Å². The lowest BCUT2D eigenvalue weighted by Gasteiger charge is -2.45. The van der Waals surface area contributed by atoms with Crippen molar-refractivity contribution in [2.24, 2.45) is 17.8 Å². The predicted octanol–water partition coefficient (Wildman–Crippen LogP) is 6.92. The molecule has 20 heteroatoms. The van der Waals surface area contributed by atoms with Crippen LogP contribution in [-0.4, -0.2) is 115 Å². The number of benzene rings is 1. The fraction of sp³-hybridized carbons (Fsp3) is 0.553. The number of ether oxygens (including phenoxy) is 2. The number of nitrogens with zero attached hydrogens (tertiary/aromatic N) is 5. The average Bonchev–Trinajstić information content (AvgIpc) is 4.13. The van der Waals surface area contributed by atoms with Crippen molar-refractivity contribution >= 4 is 33.8 Å². The van der Waals surface area contributed by atoms with E-state index < -0.39 is 85.9 Å². The maximum absolute atomic E-state index is 15.2. The third-order valence-electron chi connectivity index (χ3n) is 13.4. The van der Waals surface area contributed by atoms with Gasteiger partial charge in [0, 0.05) is 42.4 Å². The maximum Gasteiger partial charge on any atom is 0.411 e. The zero-order valence-corrected chi connectivity index (χ0v) is 39.4. The first-order valence-corrected chi connectivity index (χ1v) is 24.0. The summed E-state index contributed by atoms with van der Waals surface area (Å²) in [6, 6.07) is 6.97. The zero-order valence-electron chi connectivity index (χ0n) is 38.5. The minimum Gasteiger partial charge on any atom is -0.491 e. The van der Waals surface area contributed by atoms with Gasteiger partial charge in [-0.15, -0.1) is 0 Å². The molecule has 2 aliphatic heterocycles. The van der Waals surface area contributed by atoms with Crippen LogP contribution in [0.4, 0.5) is 18.0 Å². The number of carbonyl (C=O) groups is 4. The smallest absolute Gasteiger partial charge is 0.411 e. The second kappa shape index (κ2) is 18.4. The molecule has 0 bridgehead atoms. The summed E-state index contributed by atoms with van der Waals surface area (Å²) >= 11 is 0. The molecule has 3 fully saturated rings. The van der Waals surface area contributed by atoms with Crippen molar-refractivity contribution in [1.82, 2.24) is 34.8 Å². The van der Waals surface area contributed by atoms with Crippen LogP contribution in [-0.2, 0) is 24.4 Å². The van der Waals surface area contributed by atoms with Crippen molar-refractivity contribution in [2.75, 3.05) is 6.54 Å². The van der Waals surface area contributed by atoms with Crippen LogP contribution in [0.15, 0.2) is 67.1 Å². The van der Waals surface area contributed by atoms with Crippen LogP contribution in [0.2, 0.25) is 0 Å². The summed E-state index contributed by atoms with van der Waals surface area (Å²) in [6.45, 7) is 9.69. The van der Waals surface area contributed by atoms with Gasteiger partial charge in [0.2, 0.25) is 21.8 Å². The van der Waals surface area contributed by atoms with Crippen LogP contribution in [0, 0.1) is 17.8 Å². The molecule has 0 radical (unpaired) electrons. The highest BCUT2D eigenvalue weighted by Crippen LogP contribution is 2.48. The van der Waals surface area contributed by atoms with Crippen molar-refractivity contribution in [3.05, 3.63) is 67.1 Å². The van der Waals surface area contributed by atoms with E-state index in [0.717, 1.165) is 4.90 Å². The molecular formula is C47H58F3N7O9S. The van der Waals surface area contributed by atoms with Gasteiger partial charge in [-0.2, -0.15) is 13.2 Å². The number of fused-ring (bicyclic) bond motifs is 2. The van der Waals surface area contributed by atoms with Crippen molar-refractivity contribution in [3.8, 4) is 34.1 Å². The topological polar surface area (TPSA) is 210 Å². The van der Waals surface area contributed by atoms with E-state index in [-0.39, 0.29) is 48.5 Å². The van der Waals surface area contributed by atoms with Gasteiger partial charge in [0.05, 0.1) is 35.0 Å². The molecule has 1 saturated heterocycles. The number of nitrogens with one attached hydrogen (secondary N) is 2. The highest BCUT2D eigenvalue weighted by atomic mass is 32.2. The highest BCUT2D eigenvalue weighted by Gasteiger charge is 2.64. The molecular weight excluding hydrogens is 896 g/mol. The van der Waals surface area contributed by atoms with Crippen LogP contribution < -0.4 is 19.5 Å². The number of carbonyl (C=O) groups excluding carboxylic acids is 3. The molecule has 2 aromatic heterocycles.